The van der Waals surface area contributed by atoms with Gasteiger partial charge >= 0.3 is 0 Å². The van der Waals surface area contributed by atoms with Crippen LogP contribution < -0.4 is 4.90 Å². The summed E-state index contributed by atoms with van der Waals surface area (Å²) in [5.41, 5.74) is 4.54. The van der Waals surface area contributed by atoms with Gasteiger partial charge in [-0.05, 0) is 43.2 Å². The fraction of sp³-hybridized carbons (Fsp3) is 0.350. The van der Waals surface area contributed by atoms with E-state index in [1.54, 1.807) is 11.8 Å². The number of sulfone groups is 1. The van der Waals surface area contributed by atoms with Crippen molar-refractivity contribution in [1.82, 2.24) is 0 Å². The summed E-state index contributed by atoms with van der Waals surface area (Å²) in [5, 5.41) is 1.63. The van der Waals surface area contributed by atoms with E-state index < -0.39 is 9.84 Å². The molecule has 0 bridgehead atoms. The molecule has 2 atom stereocenters. The number of nitrogens with zero attached hydrogens (tertiary/aromatic N) is 2. The van der Waals surface area contributed by atoms with Crippen LogP contribution in [0.25, 0.3) is 0 Å². The van der Waals surface area contributed by atoms with Crippen molar-refractivity contribution in [2.75, 3.05) is 16.4 Å². The molecule has 2 heterocycles. The van der Waals surface area contributed by atoms with Crippen LogP contribution in [0.15, 0.2) is 47.5 Å². The molecule has 4 nitrogen and oxygen atoms in total. The second-order valence-corrected chi connectivity index (χ2v) is 10.7. The molecule has 1 saturated heterocycles. The van der Waals surface area contributed by atoms with Gasteiger partial charge in [0, 0.05) is 16.5 Å². The van der Waals surface area contributed by atoms with Crippen LogP contribution in [0.2, 0.25) is 5.02 Å². The Morgan fingerprint density at radius 1 is 1.15 bits per heavy atom. The number of hydrogen-bond donors (Lipinski definition) is 0. The summed E-state index contributed by atoms with van der Waals surface area (Å²) in [5.74, 6) is 1.08. The number of aryl methyl sites for hydroxylation is 2. The van der Waals surface area contributed by atoms with Crippen LogP contribution in [0.3, 0.4) is 0 Å². The molecule has 0 saturated carbocycles. The van der Waals surface area contributed by atoms with Gasteiger partial charge in [0.15, 0.2) is 15.0 Å². The fourth-order valence-corrected chi connectivity index (χ4v) is 6.76. The smallest absolute Gasteiger partial charge is 0.164 e. The van der Waals surface area contributed by atoms with Crippen molar-refractivity contribution in [3.05, 3.63) is 64.2 Å². The third-order valence-electron chi connectivity index (χ3n) is 5.00. The average molecular weight is 421 g/mol. The maximum Gasteiger partial charge on any atom is 0.164 e. The van der Waals surface area contributed by atoms with E-state index in [4.69, 9.17) is 16.6 Å². The Balaban J connectivity index is 1.64. The minimum absolute atomic E-state index is 0.107. The fourth-order valence-electron chi connectivity index (χ4n) is 3.72. The van der Waals surface area contributed by atoms with Gasteiger partial charge in [-0.3, -0.25) is 4.99 Å². The van der Waals surface area contributed by atoms with E-state index in [1.165, 1.54) is 5.56 Å². The second-order valence-electron chi connectivity index (χ2n) is 7.20. The van der Waals surface area contributed by atoms with Crippen LogP contribution in [0.1, 0.15) is 16.7 Å². The van der Waals surface area contributed by atoms with Crippen molar-refractivity contribution in [3.63, 3.8) is 0 Å². The Labute approximate surface area is 169 Å². The van der Waals surface area contributed by atoms with Crippen molar-refractivity contribution in [3.8, 4) is 0 Å². The third kappa shape index (κ3) is 3.89. The van der Waals surface area contributed by atoms with Gasteiger partial charge in [-0.15, -0.1) is 0 Å². The SMILES string of the molecule is Cc1ccc(N2C(SCc3ccc(Cl)cc3)=N[C@H]3CS(=O)(=O)C[C@@H]32)c(C)c1. The zero-order valence-electron chi connectivity index (χ0n) is 15.2. The van der Waals surface area contributed by atoms with Crippen LogP contribution in [0.5, 0.6) is 0 Å². The molecule has 0 N–H and O–H groups in total. The van der Waals surface area contributed by atoms with Crippen LogP contribution in [0, 0.1) is 13.8 Å². The van der Waals surface area contributed by atoms with Crippen LogP contribution in [-0.2, 0) is 15.6 Å². The van der Waals surface area contributed by atoms with Gasteiger partial charge in [-0.1, -0.05) is 53.2 Å². The second kappa shape index (κ2) is 7.15. The van der Waals surface area contributed by atoms with E-state index in [9.17, 15) is 8.42 Å². The van der Waals surface area contributed by atoms with Crippen molar-refractivity contribution >= 4 is 44.1 Å². The molecule has 0 amide bonds. The largest absolute Gasteiger partial charge is 0.315 e. The lowest BCUT2D eigenvalue weighted by Crippen LogP contribution is -2.39. The van der Waals surface area contributed by atoms with Crippen LogP contribution in [0.4, 0.5) is 5.69 Å². The van der Waals surface area contributed by atoms with E-state index in [1.807, 2.05) is 24.3 Å². The molecular formula is C20H21ClN2O2S2. The zero-order valence-corrected chi connectivity index (χ0v) is 17.6. The highest BCUT2D eigenvalue weighted by molar-refractivity contribution is 8.13. The van der Waals surface area contributed by atoms with E-state index in [-0.39, 0.29) is 23.6 Å². The third-order valence-corrected chi connectivity index (χ3v) is 7.99. The Bertz CT molecular complexity index is 1000. The highest BCUT2D eigenvalue weighted by Gasteiger charge is 2.47. The summed E-state index contributed by atoms with van der Waals surface area (Å²) in [7, 11) is -3.04. The van der Waals surface area contributed by atoms with Gasteiger partial charge in [0.05, 0.1) is 23.6 Å². The van der Waals surface area contributed by atoms with Crippen LogP contribution in [-0.4, -0.2) is 37.2 Å². The maximum absolute atomic E-state index is 12.2. The first-order valence-electron chi connectivity index (χ1n) is 8.84. The Hall–Kier alpha value is -1.50. The Morgan fingerprint density at radius 3 is 2.59 bits per heavy atom. The summed E-state index contributed by atoms with van der Waals surface area (Å²) in [4.78, 5) is 6.94. The summed E-state index contributed by atoms with van der Waals surface area (Å²) >= 11 is 7.62. The quantitative estimate of drug-likeness (QED) is 0.745. The molecule has 0 unspecified atom stereocenters. The van der Waals surface area contributed by atoms with Crippen molar-refractivity contribution < 1.29 is 8.42 Å². The lowest BCUT2D eigenvalue weighted by molar-refractivity contribution is 0.601. The highest BCUT2D eigenvalue weighted by atomic mass is 35.5. The maximum atomic E-state index is 12.2. The number of anilines is 1. The molecule has 2 aliphatic heterocycles. The predicted octanol–water partition coefficient (Wildman–Crippen LogP) is 4.23. The van der Waals surface area contributed by atoms with Crippen molar-refractivity contribution in [2.45, 2.75) is 31.7 Å². The number of thioether (sulfide) groups is 1. The van der Waals surface area contributed by atoms with Gasteiger partial charge in [0.25, 0.3) is 0 Å². The number of amidine groups is 1. The number of hydrogen-bond acceptors (Lipinski definition) is 5. The minimum Gasteiger partial charge on any atom is -0.315 e. The highest BCUT2D eigenvalue weighted by Crippen LogP contribution is 2.37. The molecule has 4 rings (SSSR count). The van der Waals surface area contributed by atoms with Gasteiger partial charge in [0.2, 0.25) is 0 Å². The molecule has 2 aromatic rings. The number of fused-ring (bicyclic) bond motifs is 1. The summed E-state index contributed by atoms with van der Waals surface area (Å²) < 4.78 is 24.3. The van der Waals surface area contributed by atoms with Gasteiger partial charge in [-0.2, -0.15) is 0 Å². The molecule has 1 fully saturated rings. The molecule has 7 heteroatoms. The molecular weight excluding hydrogens is 400 g/mol. The average Bonchev–Trinajstić information content (AvgIpc) is 3.06. The topological polar surface area (TPSA) is 49.7 Å². The minimum atomic E-state index is -3.04. The molecule has 142 valence electrons. The first kappa shape index (κ1) is 18.8. The summed E-state index contributed by atoms with van der Waals surface area (Å²) in [6, 6.07) is 13.8. The zero-order chi connectivity index (χ0) is 19.2. The van der Waals surface area contributed by atoms with E-state index in [0.29, 0.717) is 0 Å². The molecule has 2 aromatic carbocycles. The van der Waals surface area contributed by atoms with E-state index in [2.05, 4.69) is 36.9 Å². The predicted molar refractivity (Wildman–Crippen MR) is 115 cm³/mol. The van der Waals surface area contributed by atoms with Gasteiger partial charge < -0.3 is 4.90 Å². The first-order valence-corrected chi connectivity index (χ1v) is 12.0. The monoisotopic (exact) mass is 420 g/mol. The lowest BCUT2D eigenvalue weighted by atomic mass is 10.1. The number of halogens is 1. The summed E-state index contributed by atoms with van der Waals surface area (Å²) in [6.07, 6.45) is 0. The lowest BCUT2D eigenvalue weighted by Gasteiger charge is -2.28. The number of aliphatic imine (C=N–C) groups is 1. The number of rotatable bonds is 3. The molecule has 0 spiro atoms. The molecule has 0 radical (unpaired) electrons. The molecule has 0 aliphatic carbocycles. The molecule has 2 aliphatic rings. The first-order chi connectivity index (χ1) is 12.8. The normalized spacial score (nSPS) is 23.4. The van der Waals surface area contributed by atoms with Crippen LogP contribution >= 0.6 is 23.4 Å². The molecule has 27 heavy (non-hydrogen) atoms. The Morgan fingerprint density at radius 2 is 1.89 bits per heavy atom. The standard InChI is InChI=1S/C20H21ClN2O2S2/c1-13-3-8-18(14(2)9-13)23-19-12-27(24,25)11-17(19)22-20(23)26-10-15-4-6-16(21)7-5-15/h3-9,17,19H,10-12H2,1-2H3/t17-,19-/m0/s1. The van der Waals surface area contributed by atoms with E-state index in [0.717, 1.165) is 32.8 Å². The Kier molecular flexibility index (Phi) is 4.99. The molecule has 0 aromatic heterocycles. The number of benzene rings is 2. The van der Waals surface area contributed by atoms with Gasteiger partial charge in [-0.25, -0.2) is 8.42 Å². The van der Waals surface area contributed by atoms with E-state index >= 15 is 0 Å². The summed E-state index contributed by atoms with van der Waals surface area (Å²) in [6.45, 7) is 4.13. The van der Waals surface area contributed by atoms with Gasteiger partial charge in [0.1, 0.15) is 0 Å². The van der Waals surface area contributed by atoms with Crippen molar-refractivity contribution in [2.24, 2.45) is 4.99 Å². The van der Waals surface area contributed by atoms with Crippen molar-refractivity contribution in [1.29, 1.82) is 0 Å².